The Morgan fingerprint density at radius 2 is 1.88 bits per heavy atom. The molecule has 1 aromatic carbocycles. The van der Waals surface area contributed by atoms with Crippen molar-refractivity contribution in [3.63, 3.8) is 0 Å². The van der Waals surface area contributed by atoms with Crippen LogP contribution in [0.3, 0.4) is 0 Å². The summed E-state index contributed by atoms with van der Waals surface area (Å²) in [6.45, 7) is 8.08. The molecule has 1 saturated heterocycles. The van der Waals surface area contributed by atoms with Crippen LogP contribution in [0.4, 0.5) is 0 Å². The molecule has 0 spiro atoms. The molecule has 0 radical (unpaired) electrons. The molecule has 3 N–H and O–H groups in total. The SMILES string of the molecule is CCOC(=O)[C@H](NP(=O)(OC[C@H]1OC(C)(C)O[C@H]1C(=O)NO)Oc1ccccc1)C(C)C. The summed E-state index contributed by atoms with van der Waals surface area (Å²) in [4.78, 5) is 24.4. The maximum atomic E-state index is 13.7. The number of amides is 1. The number of benzene rings is 1. The molecule has 180 valence electrons. The third-order valence-corrected chi connectivity index (χ3v) is 5.97. The number of hydroxylamine groups is 1. The standard InChI is InChI=1S/C20H31N2O9P/c1-6-27-19(24)16(13(2)3)22-32(26,31-14-10-8-7-9-11-14)28-12-15-17(18(23)21-25)30-20(4,5)29-15/h7-11,13,15-17,25H,6,12H2,1-5H3,(H,21,23)(H,22,26)/t15-,16-,17-,32?/m1/s1. The van der Waals surface area contributed by atoms with E-state index < -0.39 is 50.3 Å². The molecule has 4 atom stereocenters. The number of rotatable bonds is 11. The summed E-state index contributed by atoms with van der Waals surface area (Å²) < 4.78 is 41.1. The van der Waals surface area contributed by atoms with E-state index in [1.165, 1.54) is 5.48 Å². The van der Waals surface area contributed by atoms with Gasteiger partial charge in [-0.25, -0.2) is 10.0 Å². The van der Waals surface area contributed by atoms with Crippen LogP contribution in [0.2, 0.25) is 0 Å². The van der Waals surface area contributed by atoms with Gasteiger partial charge in [0.15, 0.2) is 11.9 Å². The van der Waals surface area contributed by atoms with E-state index in [4.69, 9.17) is 28.5 Å². The maximum Gasteiger partial charge on any atom is 0.459 e. The lowest BCUT2D eigenvalue weighted by Gasteiger charge is -2.27. The summed E-state index contributed by atoms with van der Waals surface area (Å²) >= 11 is 0. The molecule has 12 heteroatoms. The molecular formula is C20H31N2O9P. The minimum Gasteiger partial charge on any atom is -0.465 e. The fourth-order valence-corrected chi connectivity index (χ4v) is 4.67. The summed E-state index contributed by atoms with van der Waals surface area (Å²) in [6.07, 6.45) is -2.22. The second-order valence-electron chi connectivity index (χ2n) is 7.87. The smallest absolute Gasteiger partial charge is 0.459 e. The monoisotopic (exact) mass is 474 g/mol. The predicted molar refractivity (Wildman–Crippen MR) is 113 cm³/mol. The van der Waals surface area contributed by atoms with Crippen molar-refractivity contribution < 1.29 is 42.6 Å². The van der Waals surface area contributed by atoms with Crippen LogP contribution in [0.25, 0.3) is 0 Å². The number of ether oxygens (including phenoxy) is 3. The third kappa shape index (κ3) is 7.26. The second kappa shape index (κ2) is 11.2. The highest BCUT2D eigenvalue weighted by molar-refractivity contribution is 7.52. The Hall–Kier alpha value is -2.01. The Morgan fingerprint density at radius 1 is 1.22 bits per heavy atom. The normalized spacial score (nSPS) is 22.7. The van der Waals surface area contributed by atoms with Crippen LogP contribution in [0.15, 0.2) is 30.3 Å². The van der Waals surface area contributed by atoms with Gasteiger partial charge in [0.05, 0.1) is 13.2 Å². The second-order valence-corrected chi connectivity index (χ2v) is 9.56. The van der Waals surface area contributed by atoms with E-state index >= 15 is 0 Å². The highest BCUT2D eigenvalue weighted by atomic mass is 31.2. The lowest BCUT2D eigenvalue weighted by atomic mass is 10.1. The van der Waals surface area contributed by atoms with Crippen LogP contribution in [0.5, 0.6) is 5.75 Å². The minimum absolute atomic E-state index is 0.148. The van der Waals surface area contributed by atoms with Gasteiger partial charge in [-0.1, -0.05) is 32.0 Å². The van der Waals surface area contributed by atoms with Gasteiger partial charge in [-0.05, 0) is 38.8 Å². The molecule has 1 unspecified atom stereocenters. The van der Waals surface area contributed by atoms with Crippen LogP contribution < -0.4 is 15.1 Å². The van der Waals surface area contributed by atoms with Crippen LogP contribution in [-0.2, 0) is 32.9 Å². The van der Waals surface area contributed by atoms with E-state index in [0.717, 1.165) is 0 Å². The fourth-order valence-electron chi connectivity index (χ4n) is 3.00. The highest BCUT2D eigenvalue weighted by Gasteiger charge is 2.47. The third-order valence-electron chi connectivity index (χ3n) is 4.43. The Labute approximate surface area is 187 Å². The molecule has 32 heavy (non-hydrogen) atoms. The van der Waals surface area contributed by atoms with Gasteiger partial charge in [0.2, 0.25) is 0 Å². The zero-order chi connectivity index (χ0) is 23.9. The van der Waals surface area contributed by atoms with Crippen molar-refractivity contribution in [3.05, 3.63) is 30.3 Å². The van der Waals surface area contributed by atoms with Gasteiger partial charge in [0, 0.05) is 0 Å². The first kappa shape index (κ1) is 26.2. The van der Waals surface area contributed by atoms with Crippen molar-refractivity contribution in [2.75, 3.05) is 13.2 Å². The average molecular weight is 474 g/mol. The quantitative estimate of drug-likeness (QED) is 0.189. The van der Waals surface area contributed by atoms with Crippen LogP contribution in [0, 0.1) is 5.92 Å². The average Bonchev–Trinajstić information content (AvgIpc) is 3.05. The molecule has 1 aromatic rings. The lowest BCUT2D eigenvalue weighted by Crippen LogP contribution is -2.43. The molecule has 2 rings (SSSR count). The summed E-state index contributed by atoms with van der Waals surface area (Å²) in [6, 6.07) is 7.29. The summed E-state index contributed by atoms with van der Waals surface area (Å²) in [5.74, 6) is -2.66. The molecule has 0 aliphatic carbocycles. The fraction of sp³-hybridized carbons (Fsp3) is 0.600. The first-order valence-electron chi connectivity index (χ1n) is 10.2. The first-order chi connectivity index (χ1) is 15.0. The van der Waals surface area contributed by atoms with Crippen molar-refractivity contribution in [1.82, 2.24) is 10.6 Å². The van der Waals surface area contributed by atoms with Crippen molar-refractivity contribution in [1.29, 1.82) is 0 Å². The Bertz CT molecular complexity index is 819. The van der Waals surface area contributed by atoms with E-state index in [0.29, 0.717) is 0 Å². The molecular weight excluding hydrogens is 443 g/mol. The number of para-hydroxylation sites is 1. The minimum atomic E-state index is -4.17. The van der Waals surface area contributed by atoms with Crippen LogP contribution in [0.1, 0.15) is 34.6 Å². The van der Waals surface area contributed by atoms with Crippen molar-refractivity contribution in [2.24, 2.45) is 5.92 Å². The Balaban J connectivity index is 2.25. The van der Waals surface area contributed by atoms with Gasteiger partial charge in [-0.15, -0.1) is 0 Å². The number of esters is 1. The summed E-state index contributed by atoms with van der Waals surface area (Å²) in [5, 5.41) is 11.6. The molecule has 0 saturated carbocycles. The van der Waals surface area contributed by atoms with Crippen molar-refractivity contribution >= 4 is 19.6 Å². The number of nitrogens with one attached hydrogen (secondary N) is 2. The lowest BCUT2D eigenvalue weighted by molar-refractivity contribution is -0.160. The summed E-state index contributed by atoms with van der Waals surface area (Å²) in [5.41, 5.74) is 1.51. The Morgan fingerprint density at radius 3 is 2.44 bits per heavy atom. The molecule has 11 nitrogen and oxygen atoms in total. The van der Waals surface area contributed by atoms with Crippen LogP contribution >= 0.6 is 7.75 Å². The largest absolute Gasteiger partial charge is 0.465 e. The molecule has 1 fully saturated rings. The van der Waals surface area contributed by atoms with E-state index in [1.54, 1.807) is 65.0 Å². The van der Waals surface area contributed by atoms with E-state index in [1.807, 2.05) is 0 Å². The molecule has 0 bridgehead atoms. The predicted octanol–water partition coefficient (Wildman–Crippen LogP) is 2.39. The van der Waals surface area contributed by atoms with E-state index in [2.05, 4.69) is 5.09 Å². The van der Waals surface area contributed by atoms with Crippen molar-refractivity contribution in [3.8, 4) is 5.75 Å². The van der Waals surface area contributed by atoms with Gasteiger partial charge in [0.1, 0.15) is 17.9 Å². The van der Waals surface area contributed by atoms with E-state index in [-0.39, 0.29) is 18.3 Å². The first-order valence-corrected chi connectivity index (χ1v) is 11.8. The summed E-state index contributed by atoms with van der Waals surface area (Å²) in [7, 11) is -4.17. The Kier molecular flexibility index (Phi) is 9.20. The molecule has 1 heterocycles. The number of carbonyl (C=O) groups is 2. The molecule has 1 aliphatic rings. The molecule has 0 aromatic heterocycles. The topological polar surface area (TPSA) is 142 Å². The highest BCUT2D eigenvalue weighted by Crippen LogP contribution is 2.46. The number of carbonyl (C=O) groups excluding carboxylic acids is 2. The van der Waals surface area contributed by atoms with Gasteiger partial charge >= 0.3 is 13.7 Å². The van der Waals surface area contributed by atoms with Gasteiger partial charge < -0.3 is 18.7 Å². The van der Waals surface area contributed by atoms with Gasteiger partial charge in [-0.2, -0.15) is 5.09 Å². The van der Waals surface area contributed by atoms with Crippen molar-refractivity contribution in [2.45, 2.75) is 58.7 Å². The zero-order valence-electron chi connectivity index (χ0n) is 18.8. The van der Waals surface area contributed by atoms with Gasteiger partial charge in [0.25, 0.3) is 5.91 Å². The molecule has 1 aliphatic heterocycles. The number of hydrogen-bond acceptors (Lipinski definition) is 9. The maximum absolute atomic E-state index is 13.7. The zero-order valence-corrected chi connectivity index (χ0v) is 19.7. The molecule has 1 amide bonds. The number of hydrogen-bond donors (Lipinski definition) is 3. The van der Waals surface area contributed by atoms with Crippen LogP contribution in [-0.4, -0.2) is 54.3 Å². The van der Waals surface area contributed by atoms with Gasteiger partial charge in [-0.3, -0.25) is 19.3 Å². The van der Waals surface area contributed by atoms with E-state index in [9.17, 15) is 14.2 Å².